The van der Waals surface area contributed by atoms with E-state index in [1.54, 1.807) is 22.9 Å². The standard InChI is InChI=1S/C8H2IN/c1-2-3-4-5-6-7-8-10-9/h1,10H/i/hT. The van der Waals surface area contributed by atoms with Crippen molar-refractivity contribution in [2.24, 2.45) is 0 Å². The maximum absolute atomic E-state index is 6.80. The van der Waals surface area contributed by atoms with Gasteiger partial charge in [-0.2, -0.15) is 0 Å². The Morgan fingerprint density at radius 1 is 1.20 bits per heavy atom. The summed E-state index contributed by atoms with van der Waals surface area (Å²) in [4.78, 5) is 0. The molecule has 0 aromatic heterocycles. The fourth-order valence-corrected chi connectivity index (χ4v) is 0.300. The molecule has 0 atom stereocenters. The monoisotopic (exact) mass is 241 g/mol. The van der Waals surface area contributed by atoms with Crippen molar-refractivity contribution in [3.63, 3.8) is 0 Å². The van der Waals surface area contributed by atoms with Crippen LogP contribution < -0.4 is 3.52 Å². The summed E-state index contributed by atoms with van der Waals surface area (Å²) in [5, 5.41) is 0. The predicted octanol–water partition coefficient (Wildman–Crippen LogP) is 0.527. The average Bonchev–Trinajstić information content (AvgIpc) is 1.96. The van der Waals surface area contributed by atoms with Crippen molar-refractivity contribution in [1.82, 2.24) is 3.52 Å². The van der Waals surface area contributed by atoms with Crippen LogP contribution in [-0.2, 0) is 0 Å². The summed E-state index contributed by atoms with van der Waals surface area (Å²) < 4.78 is 7.74. The maximum Gasteiger partial charge on any atom is 0.183 e. The molecule has 0 aromatic carbocycles. The lowest BCUT2D eigenvalue weighted by Gasteiger charge is -1.65. The van der Waals surface area contributed by atoms with E-state index in [0.717, 1.165) is 3.52 Å². The summed E-state index contributed by atoms with van der Waals surface area (Å²) in [6.07, 6.45) is 4.82. The molecule has 0 aliphatic rings. The minimum Gasteiger partial charge on any atom is -0.287 e. The van der Waals surface area contributed by atoms with Gasteiger partial charge in [-0.3, -0.25) is 3.52 Å². The molecule has 0 unspecified atom stereocenters. The van der Waals surface area contributed by atoms with E-state index in [0.29, 0.717) is 0 Å². The van der Waals surface area contributed by atoms with Crippen LogP contribution in [0.4, 0.5) is 0 Å². The highest BCUT2D eigenvalue weighted by Crippen LogP contribution is 1.60. The molecule has 0 aliphatic carbocycles. The zero-order chi connectivity index (χ0) is 8.53. The average molecular weight is 241 g/mol. The molecule has 0 amide bonds. The highest BCUT2D eigenvalue weighted by Gasteiger charge is 1.54. The largest absolute Gasteiger partial charge is 0.287 e. The van der Waals surface area contributed by atoms with Crippen molar-refractivity contribution in [2.75, 3.05) is 0 Å². The van der Waals surface area contributed by atoms with Gasteiger partial charge in [0.15, 0.2) is 1.41 Å². The zero-order valence-electron chi connectivity index (χ0n) is 5.90. The molecule has 0 radical (unpaired) electrons. The van der Waals surface area contributed by atoms with Gasteiger partial charge in [-0.05, 0) is 17.8 Å². The Bertz CT molecular complexity index is 332. The van der Waals surface area contributed by atoms with Gasteiger partial charge in [-0.1, -0.05) is 0 Å². The van der Waals surface area contributed by atoms with Gasteiger partial charge < -0.3 is 0 Å². The van der Waals surface area contributed by atoms with Gasteiger partial charge in [0.1, 0.15) is 0 Å². The maximum atomic E-state index is 6.80. The van der Waals surface area contributed by atoms with Crippen molar-refractivity contribution < 1.29 is 1.41 Å². The highest BCUT2D eigenvalue weighted by molar-refractivity contribution is 14.1. The van der Waals surface area contributed by atoms with E-state index >= 15 is 0 Å². The van der Waals surface area contributed by atoms with Gasteiger partial charge >= 0.3 is 0 Å². The first-order chi connectivity index (χ1) is 5.27. The van der Waals surface area contributed by atoms with E-state index in [4.69, 9.17) is 7.84 Å². The molecule has 0 heterocycles. The molecular formula is C8H2IN. The second-order valence-electron chi connectivity index (χ2n) is 0.966. The van der Waals surface area contributed by atoms with Crippen LogP contribution in [0.3, 0.4) is 0 Å². The summed E-state index contributed by atoms with van der Waals surface area (Å²) in [6.45, 7) is 0. The fourth-order valence-electron chi connectivity index (χ4n) is 0.179. The van der Waals surface area contributed by atoms with Gasteiger partial charge in [-0.25, -0.2) is 0 Å². The summed E-state index contributed by atoms with van der Waals surface area (Å²) in [6, 6.07) is 2.37. The van der Waals surface area contributed by atoms with Crippen LogP contribution in [0.25, 0.3) is 0 Å². The Morgan fingerprint density at radius 2 is 1.80 bits per heavy atom. The number of halogens is 1. The molecule has 0 saturated carbocycles. The van der Waals surface area contributed by atoms with Crippen LogP contribution in [0.2, 0.25) is 1.41 Å². The molecular weight excluding hydrogens is 237 g/mol. The number of hydrogen-bond donors (Lipinski definition) is 1. The first kappa shape index (κ1) is 6.88. The second kappa shape index (κ2) is 7.77. The molecule has 0 bridgehead atoms. The minimum absolute atomic E-state index is 0.932. The Morgan fingerprint density at radius 3 is 2.40 bits per heavy atom. The molecule has 2 heteroatoms. The zero-order valence-corrected chi connectivity index (χ0v) is 7.06. The molecule has 0 saturated heterocycles. The van der Waals surface area contributed by atoms with Gasteiger partial charge in [0, 0.05) is 23.8 Å². The van der Waals surface area contributed by atoms with Crippen molar-refractivity contribution in [3.8, 4) is 48.0 Å². The number of terminal acetylenes is 1. The molecule has 1 nitrogen and oxygen atoms in total. The summed E-state index contributed by atoms with van der Waals surface area (Å²) in [5.74, 6) is 14.0. The Hall–Kier alpha value is -1.23. The highest BCUT2D eigenvalue weighted by atomic mass is 127. The van der Waals surface area contributed by atoms with E-state index in [9.17, 15) is 0 Å². The number of rotatable bonds is 0. The molecule has 0 spiro atoms. The molecule has 0 rings (SSSR count). The van der Waals surface area contributed by atoms with E-state index in [1.807, 2.05) is 0 Å². The van der Waals surface area contributed by atoms with Gasteiger partial charge in [0.2, 0.25) is 0 Å². The Balaban J connectivity index is 3.97. The third kappa shape index (κ3) is 6.77. The minimum atomic E-state index is 0.932. The van der Waals surface area contributed by atoms with Crippen LogP contribution in [0.5, 0.6) is 0 Å². The molecule has 0 aromatic rings. The lowest BCUT2D eigenvalue weighted by Crippen LogP contribution is -1.77. The molecule has 0 aliphatic heterocycles. The lowest BCUT2D eigenvalue weighted by atomic mass is 10.5. The van der Waals surface area contributed by atoms with E-state index in [-0.39, 0.29) is 0 Å². The topological polar surface area (TPSA) is 12.0 Å². The van der Waals surface area contributed by atoms with E-state index in [1.165, 1.54) is 0 Å². The summed E-state index contributed by atoms with van der Waals surface area (Å²) >= 11 is 1.70. The molecule has 10 heavy (non-hydrogen) atoms. The van der Waals surface area contributed by atoms with Crippen molar-refractivity contribution >= 4 is 22.9 Å². The fraction of sp³-hybridized carbons (Fsp3) is 0. The summed E-state index contributed by atoms with van der Waals surface area (Å²) in [7, 11) is 0. The number of nitrogens with one attached hydrogen (secondary N) is 1. The SMILES string of the molecule is [3H]N(I)C#CC#CC#CC#C. The number of hydrogen-bond acceptors (Lipinski definition) is 1. The van der Waals surface area contributed by atoms with Crippen LogP contribution in [-0.4, -0.2) is 0 Å². The molecule has 1 N–H and O–H groups in total. The predicted molar refractivity (Wildman–Crippen MR) is 49.3 cm³/mol. The van der Waals surface area contributed by atoms with E-state index < -0.39 is 0 Å². The third-order valence-electron chi connectivity index (χ3n) is 0.420. The molecule has 0 fully saturated rings. The Kier molecular flexibility index (Phi) is 5.35. The van der Waals surface area contributed by atoms with Gasteiger partial charge in [0.25, 0.3) is 0 Å². The summed E-state index contributed by atoms with van der Waals surface area (Å²) in [5.41, 5.74) is 0. The van der Waals surface area contributed by atoms with Crippen LogP contribution in [0.15, 0.2) is 0 Å². The second-order valence-corrected chi connectivity index (χ2v) is 1.45. The third-order valence-corrected chi connectivity index (χ3v) is 0.662. The van der Waals surface area contributed by atoms with E-state index in [2.05, 4.69) is 41.6 Å². The van der Waals surface area contributed by atoms with Crippen LogP contribution in [0, 0.1) is 48.0 Å². The smallest absolute Gasteiger partial charge is 0.183 e. The quantitative estimate of drug-likeness (QED) is 0.282. The molecule has 46 valence electrons. The van der Waals surface area contributed by atoms with Gasteiger partial charge in [0.05, 0.1) is 22.9 Å². The normalized spacial score (nSPS) is 5.40. The Labute approximate surface area is 75.9 Å². The van der Waals surface area contributed by atoms with Crippen LogP contribution in [0.1, 0.15) is 0 Å². The first-order valence-electron chi connectivity index (χ1n) is 2.63. The van der Waals surface area contributed by atoms with Crippen molar-refractivity contribution in [1.29, 1.82) is 0 Å². The van der Waals surface area contributed by atoms with Crippen molar-refractivity contribution in [3.05, 3.63) is 0 Å². The van der Waals surface area contributed by atoms with Crippen LogP contribution >= 0.6 is 22.9 Å². The van der Waals surface area contributed by atoms with Gasteiger partial charge in [-0.15, -0.1) is 6.42 Å². The lowest BCUT2D eigenvalue weighted by molar-refractivity contribution is 1.61. The van der Waals surface area contributed by atoms with Crippen molar-refractivity contribution in [2.45, 2.75) is 0 Å². The first-order valence-corrected chi connectivity index (χ1v) is 3.15.